The number of hydrogen-bond donors (Lipinski definition) is 1. The largest absolute Gasteiger partial charge is 0.337 e. The van der Waals surface area contributed by atoms with E-state index in [0.717, 1.165) is 43.5 Å². The van der Waals surface area contributed by atoms with Crippen molar-refractivity contribution in [2.24, 2.45) is 5.73 Å². The number of amides is 1. The minimum atomic E-state index is 0.120. The molecule has 1 amide bonds. The van der Waals surface area contributed by atoms with Gasteiger partial charge in [0.1, 0.15) is 0 Å². The van der Waals surface area contributed by atoms with Gasteiger partial charge in [-0.1, -0.05) is 18.2 Å². The van der Waals surface area contributed by atoms with Gasteiger partial charge in [-0.3, -0.25) is 4.79 Å². The molecule has 0 radical (unpaired) electrons. The molecular formula is C16H25N3O. The van der Waals surface area contributed by atoms with E-state index >= 15 is 0 Å². The van der Waals surface area contributed by atoms with Crippen molar-refractivity contribution in [1.29, 1.82) is 0 Å². The summed E-state index contributed by atoms with van der Waals surface area (Å²) in [5, 5.41) is 0. The van der Waals surface area contributed by atoms with Gasteiger partial charge in [0.2, 0.25) is 0 Å². The van der Waals surface area contributed by atoms with E-state index < -0.39 is 0 Å². The summed E-state index contributed by atoms with van der Waals surface area (Å²) in [5.74, 6) is 0.120. The summed E-state index contributed by atoms with van der Waals surface area (Å²) in [6, 6.07) is 8.12. The fourth-order valence-corrected chi connectivity index (χ4v) is 2.91. The third-order valence-corrected chi connectivity index (χ3v) is 4.13. The van der Waals surface area contributed by atoms with Crippen molar-refractivity contribution in [3.8, 4) is 0 Å². The van der Waals surface area contributed by atoms with Gasteiger partial charge in [0.15, 0.2) is 0 Å². The normalized spacial score (nSPS) is 19.9. The maximum atomic E-state index is 12.7. The number of likely N-dealkylation sites (N-methyl/N-ethyl adjacent to an activating group) is 2. The van der Waals surface area contributed by atoms with Crippen molar-refractivity contribution in [1.82, 2.24) is 9.80 Å². The fraction of sp³-hybridized carbons (Fsp3) is 0.562. The molecule has 0 aromatic heterocycles. The van der Waals surface area contributed by atoms with E-state index in [-0.39, 0.29) is 5.91 Å². The SMILES string of the molecule is CN1CCCC(N(C)C(=O)c2ccccc2CCN)C1. The summed E-state index contributed by atoms with van der Waals surface area (Å²) in [5.41, 5.74) is 7.49. The van der Waals surface area contributed by atoms with Gasteiger partial charge < -0.3 is 15.5 Å². The van der Waals surface area contributed by atoms with Crippen molar-refractivity contribution >= 4 is 5.91 Å². The monoisotopic (exact) mass is 275 g/mol. The van der Waals surface area contributed by atoms with Crippen LogP contribution in [0, 0.1) is 0 Å². The molecule has 2 N–H and O–H groups in total. The quantitative estimate of drug-likeness (QED) is 0.902. The lowest BCUT2D eigenvalue weighted by Gasteiger charge is -2.36. The molecule has 110 valence electrons. The lowest BCUT2D eigenvalue weighted by molar-refractivity contribution is 0.0643. The summed E-state index contributed by atoms with van der Waals surface area (Å²) >= 11 is 0. The van der Waals surface area contributed by atoms with Crippen LogP contribution in [0.4, 0.5) is 0 Å². The van der Waals surface area contributed by atoms with E-state index in [2.05, 4.69) is 11.9 Å². The number of nitrogens with zero attached hydrogens (tertiary/aromatic N) is 2. The molecule has 0 bridgehead atoms. The smallest absolute Gasteiger partial charge is 0.254 e. The Morgan fingerprint density at radius 2 is 2.20 bits per heavy atom. The molecule has 1 saturated heterocycles. The standard InChI is InChI=1S/C16H25N3O/c1-18-11-5-7-14(12-18)19(2)16(20)15-8-4-3-6-13(15)9-10-17/h3-4,6,8,14H,5,7,9-12,17H2,1-2H3. The second-order valence-electron chi connectivity index (χ2n) is 5.67. The van der Waals surface area contributed by atoms with Crippen molar-refractivity contribution in [2.45, 2.75) is 25.3 Å². The second-order valence-corrected chi connectivity index (χ2v) is 5.67. The predicted octanol–water partition coefficient (Wildman–Crippen LogP) is 1.35. The van der Waals surface area contributed by atoms with Crippen molar-refractivity contribution < 1.29 is 4.79 Å². The number of nitrogens with two attached hydrogens (primary N) is 1. The lowest BCUT2D eigenvalue weighted by Crippen LogP contribution is -2.47. The molecule has 1 aliphatic rings. The molecule has 1 atom stereocenters. The number of carbonyl (C=O) groups is 1. The minimum absolute atomic E-state index is 0.120. The van der Waals surface area contributed by atoms with Gasteiger partial charge in [-0.05, 0) is 51.0 Å². The van der Waals surface area contributed by atoms with Gasteiger partial charge in [-0.25, -0.2) is 0 Å². The molecule has 0 spiro atoms. The zero-order chi connectivity index (χ0) is 14.5. The Morgan fingerprint density at radius 3 is 2.90 bits per heavy atom. The number of carbonyl (C=O) groups excluding carboxylic acids is 1. The maximum absolute atomic E-state index is 12.7. The molecule has 1 aromatic rings. The summed E-state index contributed by atoms with van der Waals surface area (Å²) in [4.78, 5) is 16.9. The zero-order valence-electron chi connectivity index (χ0n) is 12.5. The Kier molecular flexibility index (Phi) is 5.15. The van der Waals surface area contributed by atoms with E-state index in [1.807, 2.05) is 36.2 Å². The number of piperidine rings is 1. The van der Waals surface area contributed by atoms with Gasteiger partial charge in [0, 0.05) is 25.2 Å². The third kappa shape index (κ3) is 3.38. The van der Waals surface area contributed by atoms with Crippen LogP contribution in [0.15, 0.2) is 24.3 Å². The second kappa shape index (κ2) is 6.86. The Bertz CT molecular complexity index is 461. The van der Waals surface area contributed by atoms with Gasteiger partial charge in [-0.2, -0.15) is 0 Å². The van der Waals surface area contributed by atoms with Crippen LogP contribution in [-0.4, -0.2) is 55.5 Å². The number of benzene rings is 1. The summed E-state index contributed by atoms with van der Waals surface area (Å²) in [7, 11) is 4.04. The molecule has 1 fully saturated rings. The number of hydrogen-bond acceptors (Lipinski definition) is 3. The van der Waals surface area contributed by atoms with Crippen LogP contribution in [0.25, 0.3) is 0 Å². The topological polar surface area (TPSA) is 49.6 Å². The first kappa shape index (κ1) is 15.0. The third-order valence-electron chi connectivity index (χ3n) is 4.13. The van der Waals surface area contributed by atoms with E-state index in [1.165, 1.54) is 0 Å². The molecule has 20 heavy (non-hydrogen) atoms. The maximum Gasteiger partial charge on any atom is 0.254 e. The fourth-order valence-electron chi connectivity index (χ4n) is 2.91. The molecule has 1 aromatic carbocycles. The van der Waals surface area contributed by atoms with E-state index in [9.17, 15) is 4.79 Å². The summed E-state index contributed by atoms with van der Waals surface area (Å²) in [6.07, 6.45) is 3.00. The number of likely N-dealkylation sites (tertiary alicyclic amines) is 1. The van der Waals surface area contributed by atoms with Crippen LogP contribution in [0.2, 0.25) is 0 Å². The summed E-state index contributed by atoms with van der Waals surface area (Å²) in [6.45, 7) is 2.66. The molecule has 1 heterocycles. The molecule has 1 unspecified atom stereocenters. The first-order valence-electron chi connectivity index (χ1n) is 7.37. The average Bonchev–Trinajstić information content (AvgIpc) is 2.47. The zero-order valence-corrected chi connectivity index (χ0v) is 12.5. The molecule has 4 heteroatoms. The Hall–Kier alpha value is -1.39. The van der Waals surface area contributed by atoms with E-state index in [1.54, 1.807) is 0 Å². The van der Waals surface area contributed by atoms with Gasteiger partial charge in [0.05, 0.1) is 0 Å². The van der Waals surface area contributed by atoms with Crippen LogP contribution in [-0.2, 0) is 6.42 Å². The Labute approximate surface area is 121 Å². The van der Waals surface area contributed by atoms with Gasteiger partial charge in [0.25, 0.3) is 5.91 Å². The van der Waals surface area contributed by atoms with E-state index in [4.69, 9.17) is 5.73 Å². The van der Waals surface area contributed by atoms with E-state index in [0.29, 0.717) is 12.6 Å². The highest BCUT2D eigenvalue weighted by Gasteiger charge is 2.26. The summed E-state index contributed by atoms with van der Waals surface area (Å²) < 4.78 is 0. The van der Waals surface area contributed by atoms with Crippen LogP contribution in [0.3, 0.4) is 0 Å². The van der Waals surface area contributed by atoms with Crippen LogP contribution in [0.5, 0.6) is 0 Å². The van der Waals surface area contributed by atoms with Crippen molar-refractivity contribution in [3.05, 3.63) is 35.4 Å². The molecule has 0 saturated carbocycles. The van der Waals surface area contributed by atoms with Crippen LogP contribution in [0.1, 0.15) is 28.8 Å². The van der Waals surface area contributed by atoms with Crippen molar-refractivity contribution in [3.63, 3.8) is 0 Å². The highest BCUT2D eigenvalue weighted by molar-refractivity contribution is 5.95. The van der Waals surface area contributed by atoms with Crippen LogP contribution >= 0.6 is 0 Å². The Morgan fingerprint density at radius 1 is 1.45 bits per heavy atom. The van der Waals surface area contributed by atoms with Crippen LogP contribution < -0.4 is 5.73 Å². The Balaban J connectivity index is 2.13. The minimum Gasteiger partial charge on any atom is -0.337 e. The molecule has 1 aliphatic heterocycles. The lowest BCUT2D eigenvalue weighted by atomic mass is 10.0. The first-order chi connectivity index (χ1) is 9.63. The molecule has 4 nitrogen and oxygen atoms in total. The highest BCUT2D eigenvalue weighted by Crippen LogP contribution is 2.18. The molecule has 0 aliphatic carbocycles. The molecular weight excluding hydrogens is 250 g/mol. The highest BCUT2D eigenvalue weighted by atomic mass is 16.2. The van der Waals surface area contributed by atoms with Crippen molar-refractivity contribution in [2.75, 3.05) is 33.7 Å². The van der Waals surface area contributed by atoms with Gasteiger partial charge in [-0.15, -0.1) is 0 Å². The predicted molar refractivity (Wildman–Crippen MR) is 81.8 cm³/mol. The molecule has 2 rings (SSSR count). The van der Waals surface area contributed by atoms with Gasteiger partial charge >= 0.3 is 0 Å². The number of rotatable bonds is 4. The average molecular weight is 275 g/mol. The first-order valence-corrected chi connectivity index (χ1v) is 7.37.